The fraction of sp³-hybridized carbons (Fsp3) is 0.0702. The van der Waals surface area contributed by atoms with Crippen molar-refractivity contribution in [3.63, 3.8) is 0 Å². The molecular formula is C57H48N2OS. The van der Waals surface area contributed by atoms with Crippen LogP contribution in [0.3, 0.4) is 0 Å². The van der Waals surface area contributed by atoms with E-state index in [-0.39, 0.29) is 0 Å². The summed E-state index contributed by atoms with van der Waals surface area (Å²) in [5, 5.41) is 0. The van der Waals surface area contributed by atoms with E-state index in [1.165, 1.54) is 62.1 Å². The van der Waals surface area contributed by atoms with E-state index in [2.05, 4.69) is 193 Å². The highest BCUT2D eigenvalue weighted by molar-refractivity contribution is 7.94. The van der Waals surface area contributed by atoms with Crippen LogP contribution >= 0.6 is 12.0 Å². The largest absolute Gasteiger partial charge is 0.426 e. The van der Waals surface area contributed by atoms with Gasteiger partial charge in [0.25, 0.3) is 0 Å². The summed E-state index contributed by atoms with van der Waals surface area (Å²) >= 11 is 1.34. The lowest BCUT2D eigenvalue weighted by Crippen LogP contribution is -2.28. The van der Waals surface area contributed by atoms with E-state index in [1.807, 2.05) is 55.9 Å². The van der Waals surface area contributed by atoms with Crippen LogP contribution in [0.25, 0.3) is 33.4 Å². The Morgan fingerprint density at radius 1 is 0.672 bits per heavy atom. The molecule has 0 aliphatic heterocycles. The number of allylic oxidation sites excluding steroid dienone is 9. The maximum absolute atomic E-state index is 5.77. The second-order valence-corrected chi connectivity index (χ2v) is 15.3. The molecule has 7 aromatic rings. The smallest absolute Gasteiger partial charge is 0.137 e. The molecule has 0 N–H and O–H groups in total. The van der Waals surface area contributed by atoms with Gasteiger partial charge in [-0.1, -0.05) is 158 Å². The van der Waals surface area contributed by atoms with Gasteiger partial charge in [-0.3, -0.25) is 4.98 Å². The third kappa shape index (κ3) is 8.11. The number of nitrogens with zero attached hydrogens (tertiary/aromatic N) is 2. The molecule has 9 rings (SSSR count). The molecule has 1 heterocycles. The van der Waals surface area contributed by atoms with Crippen LogP contribution in [0.5, 0.6) is 5.75 Å². The number of anilines is 2. The zero-order valence-corrected chi connectivity index (χ0v) is 35.4. The van der Waals surface area contributed by atoms with E-state index in [4.69, 9.17) is 4.18 Å². The van der Waals surface area contributed by atoms with Crippen molar-refractivity contribution in [1.82, 2.24) is 4.98 Å². The van der Waals surface area contributed by atoms with Gasteiger partial charge < -0.3 is 9.08 Å². The fourth-order valence-electron chi connectivity index (χ4n) is 8.57. The van der Waals surface area contributed by atoms with E-state index in [0.29, 0.717) is 0 Å². The van der Waals surface area contributed by atoms with Crippen LogP contribution in [-0.2, 0) is 5.41 Å². The highest BCUT2D eigenvalue weighted by atomic mass is 32.2. The van der Waals surface area contributed by atoms with Crippen molar-refractivity contribution in [3.8, 4) is 39.1 Å². The quantitative estimate of drug-likeness (QED) is 0.0738. The molecule has 0 unspecified atom stereocenters. The fourth-order valence-corrected chi connectivity index (χ4v) is 8.87. The Morgan fingerprint density at radius 2 is 1.30 bits per heavy atom. The molecule has 2 aliphatic rings. The van der Waals surface area contributed by atoms with Crippen molar-refractivity contribution in [2.75, 3.05) is 11.2 Å². The van der Waals surface area contributed by atoms with E-state index >= 15 is 0 Å². The highest BCUT2D eigenvalue weighted by Crippen LogP contribution is 2.56. The number of pyridine rings is 1. The van der Waals surface area contributed by atoms with Gasteiger partial charge in [0.15, 0.2) is 0 Å². The molecule has 0 saturated heterocycles. The molecule has 0 radical (unpaired) electrons. The van der Waals surface area contributed by atoms with Crippen LogP contribution < -0.4 is 9.08 Å². The lowest BCUT2D eigenvalue weighted by atomic mass is 9.67. The van der Waals surface area contributed by atoms with Gasteiger partial charge in [0, 0.05) is 35.7 Å². The first kappa shape index (κ1) is 40.6. The maximum atomic E-state index is 5.77. The molecule has 3 nitrogen and oxygen atoms in total. The van der Waals surface area contributed by atoms with Gasteiger partial charge >= 0.3 is 0 Å². The zero-order valence-electron chi connectivity index (χ0n) is 34.6. The van der Waals surface area contributed by atoms with Crippen molar-refractivity contribution in [1.29, 1.82) is 0 Å². The molecule has 0 atom stereocenters. The second-order valence-electron chi connectivity index (χ2n) is 14.8. The molecule has 1 aromatic heterocycles. The summed E-state index contributed by atoms with van der Waals surface area (Å²) in [7, 11) is 0. The van der Waals surface area contributed by atoms with Crippen LogP contribution in [0.1, 0.15) is 35.6 Å². The minimum atomic E-state index is -0.556. The van der Waals surface area contributed by atoms with Crippen LogP contribution in [0.15, 0.2) is 243 Å². The van der Waals surface area contributed by atoms with Crippen molar-refractivity contribution in [2.45, 2.75) is 18.8 Å². The summed E-state index contributed by atoms with van der Waals surface area (Å²) < 4.78 is 5.77. The lowest BCUT2D eigenvalue weighted by Gasteiger charge is -2.35. The van der Waals surface area contributed by atoms with Gasteiger partial charge in [0.2, 0.25) is 0 Å². The molecule has 298 valence electrons. The Morgan fingerprint density at radius 3 is 1.89 bits per heavy atom. The Kier molecular flexibility index (Phi) is 12.6. The Balaban J connectivity index is 0.00000166. The molecular weight excluding hydrogens is 761 g/mol. The number of hydrogen-bond donors (Lipinski definition) is 0. The van der Waals surface area contributed by atoms with Gasteiger partial charge in [-0.2, -0.15) is 0 Å². The number of benzene rings is 6. The molecule has 0 bridgehead atoms. The maximum Gasteiger partial charge on any atom is 0.137 e. The number of fused-ring (bicyclic) bond motifs is 3. The summed E-state index contributed by atoms with van der Waals surface area (Å²) in [6, 6.07) is 57.4. The molecule has 61 heavy (non-hydrogen) atoms. The molecule has 0 amide bonds. The third-order valence-corrected chi connectivity index (χ3v) is 11.5. The number of rotatable bonds is 11. The summed E-state index contributed by atoms with van der Waals surface area (Å²) in [4.78, 5) is 6.67. The van der Waals surface area contributed by atoms with E-state index in [1.54, 1.807) is 6.08 Å². The van der Waals surface area contributed by atoms with Crippen molar-refractivity contribution < 1.29 is 4.18 Å². The standard InChI is InChI=1S/C54H42N2OS.C3H6/c1-3-4-23-53(41-14-6-5-7-15-41)56(47-32-34-48(35-33-47)57-58-2)46-30-28-44(29-31-46)54(51-21-10-8-19-49(51)50-20-9-11-22-52(50)54)45-18-12-16-42(37-45)39-24-26-40(27-25-39)43-17-13-36-55-38-43;1-3-2/h3-14,16-38H,1,15H2,2H3;3H,1H2,2H3/b23-4-,53-41+;. The predicted octanol–water partition coefficient (Wildman–Crippen LogP) is 15.3. The van der Waals surface area contributed by atoms with Gasteiger partial charge in [-0.05, 0) is 129 Å². The monoisotopic (exact) mass is 808 g/mol. The number of aromatic nitrogens is 1. The second kappa shape index (κ2) is 18.8. The summed E-state index contributed by atoms with van der Waals surface area (Å²) in [6.07, 6.45) is 22.9. The lowest BCUT2D eigenvalue weighted by molar-refractivity contribution is 0.650. The van der Waals surface area contributed by atoms with Crippen LogP contribution in [0.4, 0.5) is 11.4 Å². The van der Waals surface area contributed by atoms with Crippen molar-refractivity contribution in [2.24, 2.45) is 0 Å². The molecule has 0 spiro atoms. The normalized spacial score (nSPS) is 14.0. The first-order valence-electron chi connectivity index (χ1n) is 20.6. The van der Waals surface area contributed by atoms with Crippen molar-refractivity contribution >= 4 is 23.4 Å². The molecule has 2 aliphatic carbocycles. The first-order valence-corrected chi connectivity index (χ1v) is 21.7. The average molecular weight is 809 g/mol. The summed E-state index contributed by atoms with van der Waals surface area (Å²) in [5.74, 6) is 0.815. The Bertz CT molecular complexity index is 2710. The molecule has 6 aromatic carbocycles. The number of hydrogen-bond acceptors (Lipinski definition) is 4. The van der Waals surface area contributed by atoms with E-state index < -0.39 is 5.41 Å². The van der Waals surface area contributed by atoms with Gasteiger partial charge in [-0.15, -0.1) is 6.58 Å². The molecule has 0 saturated carbocycles. The molecule has 4 heteroatoms. The topological polar surface area (TPSA) is 25.4 Å². The SMILES string of the molecule is C=C/C=C\C(=C1\C=CC=CC1)N(c1ccc(OSC)cc1)c1ccc(C2(c3cccc(-c4ccc(-c5cccnc5)cc4)c3)c3ccccc3-c3ccccc32)cc1.C=CC. The van der Waals surface area contributed by atoms with E-state index in [0.717, 1.165) is 40.4 Å². The zero-order chi connectivity index (χ0) is 42.0. The highest BCUT2D eigenvalue weighted by Gasteiger charge is 2.46. The average Bonchev–Trinajstić information content (AvgIpc) is 3.63. The minimum Gasteiger partial charge on any atom is -0.426 e. The van der Waals surface area contributed by atoms with Crippen LogP contribution in [-0.4, -0.2) is 11.2 Å². The summed E-state index contributed by atoms with van der Waals surface area (Å²) in [6.45, 7) is 9.25. The summed E-state index contributed by atoms with van der Waals surface area (Å²) in [5.41, 5.74) is 16.0. The minimum absolute atomic E-state index is 0.556. The molecule has 0 fully saturated rings. The van der Waals surface area contributed by atoms with Crippen molar-refractivity contribution in [3.05, 3.63) is 265 Å². The predicted molar refractivity (Wildman–Crippen MR) is 260 cm³/mol. The van der Waals surface area contributed by atoms with Gasteiger partial charge in [0.05, 0.1) is 17.5 Å². The van der Waals surface area contributed by atoms with Gasteiger partial charge in [0.1, 0.15) is 5.75 Å². The Labute approximate surface area is 365 Å². The Hall–Kier alpha value is -7.14. The van der Waals surface area contributed by atoms with Crippen LogP contribution in [0.2, 0.25) is 0 Å². The third-order valence-electron chi connectivity index (χ3n) is 11.1. The van der Waals surface area contributed by atoms with Crippen LogP contribution in [0, 0.1) is 0 Å². The van der Waals surface area contributed by atoms with Gasteiger partial charge in [-0.25, -0.2) is 0 Å². The first-order chi connectivity index (χ1) is 30.1. The van der Waals surface area contributed by atoms with E-state index in [9.17, 15) is 0 Å².